The SMILES string of the molecule is C=Cc1c(C)cnc(C)c1O.Cl. The molecule has 1 aromatic heterocycles. The van der Waals surface area contributed by atoms with Crippen LogP contribution >= 0.6 is 12.4 Å². The van der Waals surface area contributed by atoms with E-state index >= 15 is 0 Å². The number of pyridine rings is 1. The number of rotatable bonds is 1. The summed E-state index contributed by atoms with van der Waals surface area (Å²) < 4.78 is 0. The van der Waals surface area contributed by atoms with E-state index in [-0.39, 0.29) is 18.2 Å². The second-order valence-corrected chi connectivity index (χ2v) is 2.49. The summed E-state index contributed by atoms with van der Waals surface area (Å²) >= 11 is 0. The zero-order valence-corrected chi connectivity index (χ0v) is 7.98. The fourth-order valence-electron chi connectivity index (χ4n) is 0.964. The molecule has 12 heavy (non-hydrogen) atoms. The molecule has 1 heterocycles. The Labute approximate surface area is 78.4 Å². The maximum Gasteiger partial charge on any atom is 0.144 e. The van der Waals surface area contributed by atoms with Crippen LogP contribution in [0.5, 0.6) is 5.75 Å². The third-order valence-electron chi connectivity index (χ3n) is 1.68. The highest BCUT2D eigenvalue weighted by Gasteiger charge is 2.03. The zero-order valence-electron chi connectivity index (χ0n) is 7.16. The number of hydrogen-bond donors (Lipinski definition) is 1. The molecule has 0 amide bonds. The van der Waals surface area contributed by atoms with Gasteiger partial charge in [-0.2, -0.15) is 0 Å². The molecule has 0 spiro atoms. The lowest BCUT2D eigenvalue weighted by molar-refractivity contribution is 0.465. The lowest BCUT2D eigenvalue weighted by atomic mass is 10.1. The van der Waals surface area contributed by atoms with Gasteiger partial charge in [-0.1, -0.05) is 12.7 Å². The molecular weight excluding hydrogens is 174 g/mol. The van der Waals surface area contributed by atoms with E-state index in [1.165, 1.54) is 0 Å². The van der Waals surface area contributed by atoms with Gasteiger partial charge in [0, 0.05) is 11.8 Å². The Hall–Kier alpha value is -1.02. The standard InChI is InChI=1S/C9H11NO.ClH/c1-4-8-6(2)5-10-7(3)9(8)11;/h4-5,11H,1H2,2-3H3;1H. The second-order valence-electron chi connectivity index (χ2n) is 2.49. The van der Waals surface area contributed by atoms with E-state index in [4.69, 9.17) is 0 Å². The third kappa shape index (κ3) is 1.77. The van der Waals surface area contributed by atoms with Crippen LogP contribution < -0.4 is 0 Å². The number of nitrogens with zero attached hydrogens (tertiary/aromatic N) is 1. The Balaban J connectivity index is 0.00000121. The lowest BCUT2D eigenvalue weighted by Crippen LogP contribution is -1.88. The molecule has 0 aliphatic carbocycles. The first-order chi connectivity index (χ1) is 5.16. The van der Waals surface area contributed by atoms with Crippen molar-refractivity contribution in [3.05, 3.63) is 29.6 Å². The van der Waals surface area contributed by atoms with Gasteiger partial charge in [0.05, 0.1) is 5.69 Å². The largest absolute Gasteiger partial charge is 0.505 e. The van der Waals surface area contributed by atoms with Gasteiger partial charge in [-0.3, -0.25) is 4.98 Å². The van der Waals surface area contributed by atoms with Crippen LogP contribution in [0, 0.1) is 13.8 Å². The first-order valence-corrected chi connectivity index (χ1v) is 3.44. The fourth-order valence-corrected chi connectivity index (χ4v) is 0.964. The van der Waals surface area contributed by atoms with Crippen LogP contribution in [0.15, 0.2) is 12.8 Å². The van der Waals surface area contributed by atoms with E-state index in [1.54, 1.807) is 19.2 Å². The summed E-state index contributed by atoms with van der Waals surface area (Å²) in [5, 5.41) is 9.44. The van der Waals surface area contributed by atoms with E-state index in [9.17, 15) is 5.11 Å². The van der Waals surface area contributed by atoms with Crippen molar-refractivity contribution >= 4 is 18.5 Å². The van der Waals surface area contributed by atoms with Crippen LogP contribution in [0.1, 0.15) is 16.8 Å². The van der Waals surface area contributed by atoms with Gasteiger partial charge >= 0.3 is 0 Å². The van der Waals surface area contributed by atoms with Crippen LogP contribution in [-0.2, 0) is 0 Å². The summed E-state index contributed by atoms with van der Waals surface area (Å²) in [6, 6.07) is 0. The lowest BCUT2D eigenvalue weighted by Gasteiger charge is -2.04. The molecule has 0 radical (unpaired) electrons. The number of hydrogen-bond acceptors (Lipinski definition) is 2. The van der Waals surface area contributed by atoms with Crippen LogP contribution in [-0.4, -0.2) is 10.1 Å². The number of aryl methyl sites for hydroxylation is 2. The topological polar surface area (TPSA) is 33.1 Å². The fraction of sp³-hybridized carbons (Fsp3) is 0.222. The van der Waals surface area contributed by atoms with Crippen molar-refractivity contribution in [1.29, 1.82) is 0 Å². The van der Waals surface area contributed by atoms with Gasteiger partial charge in [-0.15, -0.1) is 12.4 Å². The van der Waals surface area contributed by atoms with E-state index in [2.05, 4.69) is 11.6 Å². The number of aromatic hydroxyl groups is 1. The van der Waals surface area contributed by atoms with Gasteiger partial charge < -0.3 is 5.11 Å². The Bertz CT molecular complexity index is 297. The van der Waals surface area contributed by atoms with Gasteiger partial charge in [-0.05, 0) is 19.4 Å². The third-order valence-corrected chi connectivity index (χ3v) is 1.68. The number of halogens is 1. The molecule has 0 unspecified atom stereocenters. The highest BCUT2D eigenvalue weighted by molar-refractivity contribution is 5.85. The zero-order chi connectivity index (χ0) is 8.43. The van der Waals surface area contributed by atoms with E-state index in [1.807, 2.05) is 6.92 Å². The molecule has 0 saturated heterocycles. The Kier molecular flexibility index (Phi) is 3.77. The second kappa shape index (κ2) is 4.12. The van der Waals surface area contributed by atoms with Crippen molar-refractivity contribution < 1.29 is 5.11 Å². The van der Waals surface area contributed by atoms with Crippen LogP contribution in [0.2, 0.25) is 0 Å². The Morgan fingerprint density at radius 3 is 2.50 bits per heavy atom. The first-order valence-electron chi connectivity index (χ1n) is 3.44. The molecule has 0 atom stereocenters. The summed E-state index contributed by atoms with van der Waals surface area (Å²) in [4.78, 5) is 3.99. The summed E-state index contributed by atoms with van der Waals surface area (Å²) in [6.07, 6.45) is 3.37. The maximum absolute atomic E-state index is 9.44. The van der Waals surface area contributed by atoms with Crippen molar-refractivity contribution in [3.63, 3.8) is 0 Å². The quantitative estimate of drug-likeness (QED) is 0.729. The monoisotopic (exact) mass is 185 g/mol. The first kappa shape index (κ1) is 11.0. The molecule has 0 bridgehead atoms. The van der Waals surface area contributed by atoms with E-state index < -0.39 is 0 Å². The summed E-state index contributed by atoms with van der Waals surface area (Å²) in [5.41, 5.74) is 2.37. The Morgan fingerprint density at radius 1 is 1.50 bits per heavy atom. The normalized spacial score (nSPS) is 8.83. The van der Waals surface area contributed by atoms with Gasteiger partial charge in [0.25, 0.3) is 0 Å². The van der Waals surface area contributed by atoms with Crippen molar-refractivity contribution in [1.82, 2.24) is 4.98 Å². The molecule has 0 fully saturated rings. The minimum absolute atomic E-state index is 0. The minimum atomic E-state index is 0. The average molecular weight is 186 g/mol. The molecule has 1 rings (SSSR count). The number of aromatic nitrogens is 1. The molecular formula is C9H12ClNO. The maximum atomic E-state index is 9.44. The summed E-state index contributed by atoms with van der Waals surface area (Å²) in [5.74, 6) is 0.236. The summed E-state index contributed by atoms with van der Waals surface area (Å²) in [6.45, 7) is 7.26. The average Bonchev–Trinajstić information content (AvgIpc) is 1.99. The molecule has 1 N–H and O–H groups in total. The molecule has 2 nitrogen and oxygen atoms in total. The minimum Gasteiger partial charge on any atom is -0.505 e. The predicted molar refractivity (Wildman–Crippen MR) is 52.7 cm³/mol. The molecule has 0 saturated carbocycles. The molecule has 66 valence electrons. The van der Waals surface area contributed by atoms with Gasteiger partial charge in [0.1, 0.15) is 5.75 Å². The van der Waals surface area contributed by atoms with Gasteiger partial charge in [0.2, 0.25) is 0 Å². The molecule has 0 aliphatic heterocycles. The summed E-state index contributed by atoms with van der Waals surface area (Å²) in [7, 11) is 0. The smallest absolute Gasteiger partial charge is 0.144 e. The van der Waals surface area contributed by atoms with Crippen LogP contribution in [0.4, 0.5) is 0 Å². The molecule has 0 aromatic carbocycles. The van der Waals surface area contributed by atoms with E-state index in [0.717, 1.165) is 11.1 Å². The van der Waals surface area contributed by atoms with Crippen molar-refractivity contribution in [2.24, 2.45) is 0 Å². The molecule has 3 heteroatoms. The van der Waals surface area contributed by atoms with Crippen molar-refractivity contribution in [2.45, 2.75) is 13.8 Å². The highest BCUT2D eigenvalue weighted by atomic mass is 35.5. The van der Waals surface area contributed by atoms with Gasteiger partial charge in [-0.25, -0.2) is 0 Å². The van der Waals surface area contributed by atoms with Crippen molar-refractivity contribution in [2.75, 3.05) is 0 Å². The predicted octanol–water partition coefficient (Wildman–Crippen LogP) is 2.47. The van der Waals surface area contributed by atoms with E-state index in [0.29, 0.717) is 5.69 Å². The molecule has 1 aromatic rings. The van der Waals surface area contributed by atoms with Crippen LogP contribution in [0.3, 0.4) is 0 Å². The van der Waals surface area contributed by atoms with Gasteiger partial charge in [0.15, 0.2) is 0 Å². The van der Waals surface area contributed by atoms with Crippen molar-refractivity contribution in [3.8, 4) is 5.75 Å². The molecule has 0 aliphatic rings. The Morgan fingerprint density at radius 2 is 2.08 bits per heavy atom. The van der Waals surface area contributed by atoms with Crippen LogP contribution in [0.25, 0.3) is 6.08 Å². The highest BCUT2D eigenvalue weighted by Crippen LogP contribution is 2.23.